The molecule has 0 unspecified atom stereocenters. The first-order chi connectivity index (χ1) is 10.7. The van der Waals surface area contributed by atoms with Crippen molar-refractivity contribution < 1.29 is 4.79 Å². The van der Waals surface area contributed by atoms with Crippen molar-refractivity contribution in [3.05, 3.63) is 59.7 Å². The molecule has 0 atom stereocenters. The predicted molar refractivity (Wildman–Crippen MR) is 90.6 cm³/mol. The number of hydrogen-bond acceptors (Lipinski definition) is 2. The Bertz CT molecular complexity index is 631. The zero-order valence-corrected chi connectivity index (χ0v) is 13.2. The third-order valence-corrected chi connectivity index (χ3v) is 4.15. The summed E-state index contributed by atoms with van der Waals surface area (Å²) in [4.78, 5) is 16.8. The van der Waals surface area contributed by atoms with Crippen LogP contribution in [-0.2, 0) is 17.6 Å². The van der Waals surface area contributed by atoms with Crippen LogP contribution >= 0.6 is 0 Å². The quantitative estimate of drug-likeness (QED) is 0.866. The average Bonchev–Trinajstić information content (AvgIpc) is 2.69. The van der Waals surface area contributed by atoms with Crippen molar-refractivity contribution >= 4 is 17.3 Å². The second kappa shape index (κ2) is 6.32. The van der Waals surface area contributed by atoms with Gasteiger partial charge in [0.25, 0.3) is 0 Å². The lowest BCUT2D eigenvalue weighted by Gasteiger charge is -2.25. The molecule has 0 spiro atoms. The summed E-state index contributed by atoms with van der Waals surface area (Å²) in [6.45, 7) is 0.764. The van der Waals surface area contributed by atoms with Gasteiger partial charge in [0.2, 0.25) is 5.91 Å². The third kappa shape index (κ3) is 2.90. The smallest absolute Gasteiger partial charge is 0.232 e. The molecule has 0 aliphatic carbocycles. The molecular formula is C19H22N2O. The molecule has 1 heterocycles. The fraction of sp³-hybridized carbons (Fsp3) is 0.316. The van der Waals surface area contributed by atoms with Crippen molar-refractivity contribution in [2.75, 3.05) is 25.5 Å². The van der Waals surface area contributed by atoms with Gasteiger partial charge >= 0.3 is 0 Å². The van der Waals surface area contributed by atoms with Crippen LogP contribution in [0.2, 0.25) is 0 Å². The van der Waals surface area contributed by atoms with Gasteiger partial charge in [-0.2, -0.15) is 0 Å². The van der Waals surface area contributed by atoms with Gasteiger partial charge in [-0.3, -0.25) is 9.69 Å². The summed E-state index contributed by atoms with van der Waals surface area (Å²) in [6.07, 6.45) is 2.48. The molecule has 0 N–H and O–H groups in total. The Balaban J connectivity index is 2.04. The van der Waals surface area contributed by atoms with Crippen molar-refractivity contribution in [1.29, 1.82) is 0 Å². The highest BCUT2D eigenvalue weighted by molar-refractivity contribution is 6.02. The summed E-state index contributed by atoms with van der Waals surface area (Å²) in [7, 11) is 4.00. The molecule has 1 aliphatic rings. The number of para-hydroxylation sites is 2. The zero-order valence-electron chi connectivity index (χ0n) is 13.2. The first-order valence-corrected chi connectivity index (χ1v) is 7.80. The molecule has 3 heteroatoms. The highest BCUT2D eigenvalue weighted by Crippen LogP contribution is 2.36. The Morgan fingerprint density at radius 3 is 1.95 bits per heavy atom. The van der Waals surface area contributed by atoms with E-state index in [0.29, 0.717) is 6.42 Å². The maximum Gasteiger partial charge on any atom is 0.232 e. The van der Waals surface area contributed by atoms with Crippen LogP contribution in [0.25, 0.3) is 0 Å². The summed E-state index contributed by atoms with van der Waals surface area (Å²) in [6, 6.07) is 16.5. The van der Waals surface area contributed by atoms with E-state index in [0.717, 1.165) is 30.8 Å². The lowest BCUT2D eigenvalue weighted by Crippen LogP contribution is -2.29. The molecule has 0 saturated heterocycles. The lowest BCUT2D eigenvalue weighted by atomic mass is 10.0. The van der Waals surface area contributed by atoms with Gasteiger partial charge in [0, 0.05) is 13.0 Å². The summed E-state index contributed by atoms with van der Waals surface area (Å²) >= 11 is 0. The predicted octanol–water partition coefficient (Wildman–Crippen LogP) is 3.40. The fourth-order valence-electron chi connectivity index (χ4n) is 2.98. The molecule has 0 saturated carbocycles. The number of carbonyl (C=O) groups is 1. The highest BCUT2D eigenvalue weighted by atomic mass is 16.2. The van der Waals surface area contributed by atoms with E-state index in [1.54, 1.807) is 0 Å². The average molecular weight is 294 g/mol. The van der Waals surface area contributed by atoms with E-state index in [-0.39, 0.29) is 5.91 Å². The minimum atomic E-state index is 0.162. The van der Waals surface area contributed by atoms with Crippen LogP contribution in [0.4, 0.5) is 11.4 Å². The van der Waals surface area contributed by atoms with E-state index in [1.165, 1.54) is 11.1 Å². The molecule has 3 nitrogen and oxygen atoms in total. The van der Waals surface area contributed by atoms with Gasteiger partial charge < -0.3 is 4.90 Å². The third-order valence-electron chi connectivity index (χ3n) is 4.15. The van der Waals surface area contributed by atoms with Gasteiger partial charge in [-0.15, -0.1) is 0 Å². The Hall–Kier alpha value is -2.13. The van der Waals surface area contributed by atoms with Crippen LogP contribution in [0.1, 0.15) is 17.5 Å². The van der Waals surface area contributed by atoms with Crippen LogP contribution < -0.4 is 4.90 Å². The monoisotopic (exact) mass is 294 g/mol. The van der Waals surface area contributed by atoms with Crippen LogP contribution in [-0.4, -0.2) is 31.4 Å². The fourth-order valence-corrected chi connectivity index (χ4v) is 2.98. The van der Waals surface area contributed by atoms with Gasteiger partial charge in [0.05, 0.1) is 11.4 Å². The molecule has 3 rings (SSSR count). The highest BCUT2D eigenvalue weighted by Gasteiger charge is 2.25. The number of fused-ring (bicyclic) bond motifs is 2. The van der Waals surface area contributed by atoms with Gasteiger partial charge in [-0.05, 0) is 50.2 Å². The molecule has 2 aromatic carbocycles. The second-order valence-electron chi connectivity index (χ2n) is 6.04. The molecular weight excluding hydrogens is 272 g/mol. The number of amides is 1. The molecule has 114 valence electrons. The number of aryl methyl sites for hydroxylation is 2. The summed E-state index contributed by atoms with van der Waals surface area (Å²) in [5.74, 6) is 0.162. The maximum absolute atomic E-state index is 12.9. The van der Waals surface area contributed by atoms with Crippen LogP contribution in [0.15, 0.2) is 48.5 Å². The topological polar surface area (TPSA) is 23.6 Å². The van der Waals surface area contributed by atoms with Crippen molar-refractivity contribution in [2.24, 2.45) is 0 Å². The Labute approximate surface area is 132 Å². The maximum atomic E-state index is 12.9. The number of hydrogen-bond donors (Lipinski definition) is 0. The minimum absolute atomic E-state index is 0.162. The van der Waals surface area contributed by atoms with E-state index in [4.69, 9.17) is 0 Å². The van der Waals surface area contributed by atoms with Crippen molar-refractivity contribution in [3.63, 3.8) is 0 Å². The summed E-state index contributed by atoms with van der Waals surface area (Å²) in [5.41, 5.74) is 4.57. The standard InChI is InChI=1S/C19H22N2O/c1-20(2)14-13-19(22)21-17-9-5-3-7-15(17)11-12-16-8-4-6-10-18(16)21/h3-10H,11-14H2,1-2H3. The normalized spacial score (nSPS) is 13.5. The Kier molecular flexibility index (Phi) is 4.25. The first-order valence-electron chi connectivity index (χ1n) is 7.80. The summed E-state index contributed by atoms with van der Waals surface area (Å²) < 4.78 is 0. The van der Waals surface area contributed by atoms with Crippen molar-refractivity contribution in [1.82, 2.24) is 4.90 Å². The van der Waals surface area contributed by atoms with Gasteiger partial charge in [-0.1, -0.05) is 36.4 Å². The lowest BCUT2D eigenvalue weighted by molar-refractivity contribution is -0.118. The van der Waals surface area contributed by atoms with Crippen molar-refractivity contribution in [2.45, 2.75) is 19.3 Å². The van der Waals surface area contributed by atoms with E-state index in [9.17, 15) is 4.79 Å². The molecule has 0 fully saturated rings. The van der Waals surface area contributed by atoms with Crippen LogP contribution in [0.3, 0.4) is 0 Å². The van der Waals surface area contributed by atoms with Gasteiger partial charge in [-0.25, -0.2) is 0 Å². The molecule has 0 radical (unpaired) electrons. The number of nitrogens with zero attached hydrogens (tertiary/aromatic N) is 2. The van der Waals surface area contributed by atoms with E-state index < -0.39 is 0 Å². The van der Waals surface area contributed by atoms with Gasteiger partial charge in [0.1, 0.15) is 0 Å². The number of rotatable bonds is 3. The van der Waals surface area contributed by atoms with Crippen LogP contribution in [0.5, 0.6) is 0 Å². The van der Waals surface area contributed by atoms with E-state index in [2.05, 4.69) is 36.4 Å². The zero-order chi connectivity index (χ0) is 15.5. The minimum Gasteiger partial charge on any atom is -0.309 e. The number of carbonyl (C=O) groups excluding carboxylic acids is 1. The number of anilines is 2. The van der Waals surface area contributed by atoms with E-state index >= 15 is 0 Å². The molecule has 2 aromatic rings. The SMILES string of the molecule is CN(C)CCC(=O)N1c2ccccc2CCc2ccccc21. The first kappa shape index (κ1) is 14.8. The Morgan fingerprint density at radius 1 is 0.955 bits per heavy atom. The van der Waals surface area contributed by atoms with E-state index in [1.807, 2.05) is 36.0 Å². The second-order valence-corrected chi connectivity index (χ2v) is 6.04. The molecule has 0 bridgehead atoms. The van der Waals surface area contributed by atoms with Gasteiger partial charge in [0.15, 0.2) is 0 Å². The van der Waals surface area contributed by atoms with Crippen molar-refractivity contribution in [3.8, 4) is 0 Å². The largest absolute Gasteiger partial charge is 0.309 e. The van der Waals surface area contributed by atoms with Crippen LogP contribution in [0, 0.1) is 0 Å². The number of benzene rings is 2. The summed E-state index contributed by atoms with van der Waals surface area (Å²) in [5, 5.41) is 0. The Morgan fingerprint density at radius 2 is 1.45 bits per heavy atom. The molecule has 1 aliphatic heterocycles. The molecule has 22 heavy (non-hydrogen) atoms. The molecule has 0 aromatic heterocycles. The molecule has 1 amide bonds.